The van der Waals surface area contributed by atoms with Gasteiger partial charge in [-0.1, -0.05) is 42.0 Å². The number of carboxylic acid groups (broad SMARTS) is 1. The van der Waals surface area contributed by atoms with Crippen molar-refractivity contribution in [3.63, 3.8) is 0 Å². The molecule has 2 heterocycles. The summed E-state index contributed by atoms with van der Waals surface area (Å²) in [7, 11) is 0. The van der Waals surface area contributed by atoms with E-state index in [9.17, 15) is 33.5 Å². The summed E-state index contributed by atoms with van der Waals surface area (Å²) in [4.78, 5) is 68.5. The van der Waals surface area contributed by atoms with Gasteiger partial charge in [0.2, 0.25) is 23.6 Å². The SMILES string of the molecule is C[C@@]12C(=O)N(c3ccccc3)C(=O)[C@@H]1C[C@@H]1C(=CC[C@@H]3C(=O)N(CCCC(=O)O)C(=O)[C@@H]31)[C@@H]2c1cccc(F)c1O. The minimum atomic E-state index is -1.39. The van der Waals surface area contributed by atoms with Gasteiger partial charge in [0.05, 0.1) is 28.9 Å². The molecule has 2 saturated heterocycles. The van der Waals surface area contributed by atoms with Crippen molar-refractivity contribution < 1.29 is 38.6 Å². The number of imide groups is 2. The highest BCUT2D eigenvalue weighted by Crippen LogP contribution is 2.64. The smallest absolute Gasteiger partial charge is 0.303 e. The molecule has 0 spiro atoms. The number of phenolic OH excluding ortho intramolecular Hbond substituents is 1. The highest BCUT2D eigenvalue weighted by atomic mass is 19.1. The van der Waals surface area contributed by atoms with Gasteiger partial charge in [0.15, 0.2) is 11.6 Å². The van der Waals surface area contributed by atoms with Crippen molar-refractivity contribution in [2.24, 2.45) is 29.1 Å². The lowest BCUT2D eigenvalue weighted by atomic mass is 9.51. The number of carbonyl (C=O) groups excluding carboxylic acids is 4. The van der Waals surface area contributed by atoms with Crippen LogP contribution in [0.3, 0.4) is 0 Å². The third kappa shape index (κ3) is 3.83. The van der Waals surface area contributed by atoms with Gasteiger partial charge in [0, 0.05) is 24.4 Å². The van der Waals surface area contributed by atoms with Gasteiger partial charge < -0.3 is 10.2 Å². The first-order valence-corrected chi connectivity index (χ1v) is 13.7. The molecule has 0 radical (unpaired) electrons. The number of likely N-dealkylation sites (tertiary alicyclic amines) is 1. The maximum Gasteiger partial charge on any atom is 0.303 e. The van der Waals surface area contributed by atoms with Crippen LogP contribution in [-0.2, 0) is 24.0 Å². The first kappa shape index (κ1) is 26.9. The van der Waals surface area contributed by atoms with Crippen LogP contribution in [0, 0.1) is 34.9 Å². The molecule has 212 valence electrons. The van der Waals surface area contributed by atoms with Crippen molar-refractivity contribution in [2.45, 2.75) is 38.5 Å². The van der Waals surface area contributed by atoms with Gasteiger partial charge >= 0.3 is 5.97 Å². The Morgan fingerprint density at radius 3 is 2.44 bits per heavy atom. The number of hydrogen-bond acceptors (Lipinski definition) is 6. The van der Waals surface area contributed by atoms with Crippen molar-refractivity contribution >= 4 is 35.3 Å². The number of anilines is 1. The fourth-order valence-electron chi connectivity index (χ4n) is 7.62. The van der Waals surface area contributed by atoms with Crippen LogP contribution in [0.4, 0.5) is 10.1 Å². The zero-order chi connectivity index (χ0) is 29.2. The minimum Gasteiger partial charge on any atom is -0.505 e. The van der Waals surface area contributed by atoms with Crippen molar-refractivity contribution in [1.29, 1.82) is 0 Å². The molecule has 4 aliphatic rings. The van der Waals surface area contributed by atoms with Crippen LogP contribution in [0.25, 0.3) is 0 Å². The maximum absolute atomic E-state index is 14.7. The monoisotopic (exact) mass is 560 g/mol. The Balaban J connectivity index is 1.46. The van der Waals surface area contributed by atoms with Crippen LogP contribution in [0.2, 0.25) is 0 Å². The van der Waals surface area contributed by atoms with Crippen LogP contribution < -0.4 is 4.90 Å². The molecule has 0 aromatic heterocycles. The number of phenols is 1. The highest BCUT2D eigenvalue weighted by molar-refractivity contribution is 6.24. The molecule has 10 heteroatoms. The second kappa shape index (κ2) is 9.64. The Kier molecular flexibility index (Phi) is 6.32. The summed E-state index contributed by atoms with van der Waals surface area (Å²) in [6, 6.07) is 12.6. The van der Waals surface area contributed by atoms with Crippen LogP contribution in [0.15, 0.2) is 60.2 Å². The molecule has 2 N–H and O–H groups in total. The molecule has 4 amide bonds. The number of aliphatic carboxylic acids is 1. The third-order valence-electron chi connectivity index (χ3n) is 9.48. The Hall–Kier alpha value is -4.34. The molecule has 2 aliphatic carbocycles. The lowest BCUT2D eigenvalue weighted by molar-refractivity contribution is -0.142. The Morgan fingerprint density at radius 2 is 1.73 bits per heavy atom. The predicted octanol–water partition coefficient (Wildman–Crippen LogP) is 3.63. The Bertz CT molecular complexity index is 1520. The normalized spacial score (nSPS) is 30.7. The zero-order valence-corrected chi connectivity index (χ0v) is 22.3. The quantitative estimate of drug-likeness (QED) is 0.407. The van der Waals surface area contributed by atoms with Crippen LogP contribution >= 0.6 is 0 Å². The molecule has 2 aromatic carbocycles. The van der Waals surface area contributed by atoms with E-state index in [4.69, 9.17) is 5.11 Å². The molecule has 2 aromatic rings. The molecule has 6 atom stereocenters. The minimum absolute atomic E-state index is 0.0204. The van der Waals surface area contributed by atoms with Crippen LogP contribution in [0.5, 0.6) is 5.75 Å². The highest BCUT2D eigenvalue weighted by Gasteiger charge is 2.67. The summed E-state index contributed by atoms with van der Waals surface area (Å²) < 4.78 is 14.7. The van der Waals surface area contributed by atoms with E-state index in [1.165, 1.54) is 12.1 Å². The molecule has 6 rings (SSSR count). The van der Waals surface area contributed by atoms with Crippen molar-refractivity contribution in [3.05, 3.63) is 71.6 Å². The maximum atomic E-state index is 14.7. The molecule has 41 heavy (non-hydrogen) atoms. The van der Waals surface area contributed by atoms with Crippen LogP contribution in [-0.4, -0.2) is 51.3 Å². The molecule has 2 aliphatic heterocycles. The fourth-order valence-corrected chi connectivity index (χ4v) is 7.62. The van der Waals surface area contributed by atoms with E-state index in [1.807, 2.05) is 6.08 Å². The van der Waals surface area contributed by atoms with E-state index >= 15 is 0 Å². The average Bonchev–Trinajstić information content (AvgIpc) is 3.30. The molecule has 0 bridgehead atoms. The standard InChI is InChI=1S/C31H29FN2O7/c1-31-21(28(39)34(30(31)41)16-7-3-2-4-8-16)15-20-17(25(31)19-9-5-10-22(32)26(19)37)12-13-18-24(20)29(40)33(27(18)38)14-6-11-23(35)36/h2-5,7-10,12,18,20-21,24-25,37H,6,11,13-15H2,1H3,(H,35,36)/t18-,20+,21-,24-,25+,31+/m0/s1. The zero-order valence-electron chi connectivity index (χ0n) is 22.3. The number of fused-ring (bicyclic) bond motifs is 4. The van der Waals surface area contributed by atoms with E-state index in [1.54, 1.807) is 37.3 Å². The second-order valence-corrected chi connectivity index (χ2v) is 11.5. The van der Waals surface area contributed by atoms with E-state index in [0.29, 0.717) is 11.3 Å². The predicted molar refractivity (Wildman–Crippen MR) is 143 cm³/mol. The number of rotatable bonds is 6. The lowest BCUT2D eigenvalue weighted by Gasteiger charge is -2.49. The van der Waals surface area contributed by atoms with Gasteiger partial charge in [0.25, 0.3) is 0 Å². The molecular weight excluding hydrogens is 531 g/mol. The number of allylic oxidation sites excluding steroid dienone is 2. The van der Waals surface area contributed by atoms with Crippen molar-refractivity contribution in [1.82, 2.24) is 4.90 Å². The average molecular weight is 561 g/mol. The molecule has 3 fully saturated rings. The third-order valence-corrected chi connectivity index (χ3v) is 9.48. The molecule has 1 saturated carbocycles. The molecule has 9 nitrogen and oxygen atoms in total. The van der Waals surface area contributed by atoms with E-state index in [2.05, 4.69) is 0 Å². The first-order chi connectivity index (χ1) is 19.6. The Morgan fingerprint density at radius 1 is 1.00 bits per heavy atom. The van der Waals surface area contributed by atoms with Gasteiger partial charge in [-0.15, -0.1) is 0 Å². The number of halogens is 1. The first-order valence-electron chi connectivity index (χ1n) is 13.7. The van der Waals surface area contributed by atoms with Gasteiger partial charge in [-0.3, -0.25) is 28.9 Å². The summed E-state index contributed by atoms with van der Waals surface area (Å²) in [5, 5.41) is 19.9. The number of para-hydroxylation sites is 2. The van der Waals surface area contributed by atoms with E-state index < -0.39 is 70.3 Å². The lowest BCUT2D eigenvalue weighted by Crippen LogP contribution is -2.49. The van der Waals surface area contributed by atoms with E-state index in [0.717, 1.165) is 15.9 Å². The van der Waals surface area contributed by atoms with Crippen molar-refractivity contribution in [2.75, 3.05) is 11.4 Å². The molecule has 0 unspecified atom stereocenters. The number of aromatic hydroxyl groups is 1. The van der Waals surface area contributed by atoms with Crippen LogP contribution in [0.1, 0.15) is 44.1 Å². The number of benzene rings is 2. The summed E-state index contributed by atoms with van der Waals surface area (Å²) in [6.45, 7) is 1.65. The number of carboxylic acids is 1. The second-order valence-electron chi connectivity index (χ2n) is 11.5. The number of carbonyl (C=O) groups is 5. The number of hydrogen-bond donors (Lipinski definition) is 2. The van der Waals surface area contributed by atoms with Gasteiger partial charge in [0.1, 0.15) is 0 Å². The van der Waals surface area contributed by atoms with E-state index in [-0.39, 0.29) is 43.7 Å². The van der Waals surface area contributed by atoms with Gasteiger partial charge in [-0.05, 0) is 50.3 Å². The summed E-state index contributed by atoms with van der Waals surface area (Å²) in [5.74, 6) is -8.13. The van der Waals surface area contributed by atoms with Crippen molar-refractivity contribution in [3.8, 4) is 5.75 Å². The summed E-state index contributed by atoms with van der Waals surface area (Å²) in [5.41, 5.74) is -0.208. The van der Waals surface area contributed by atoms with Gasteiger partial charge in [-0.25, -0.2) is 9.29 Å². The van der Waals surface area contributed by atoms with Gasteiger partial charge in [-0.2, -0.15) is 0 Å². The summed E-state index contributed by atoms with van der Waals surface area (Å²) in [6.07, 6.45) is 2.08. The number of amides is 4. The molecular formula is C31H29FN2O7. The summed E-state index contributed by atoms with van der Waals surface area (Å²) >= 11 is 0. The topological polar surface area (TPSA) is 132 Å². The number of nitrogens with zero attached hydrogens (tertiary/aromatic N) is 2. The Labute approximate surface area is 235 Å². The largest absolute Gasteiger partial charge is 0.505 e. The fraction of sp³-hybridized carbons (Fsp3) is 0.387.